The second-order valence-corrected chi connectivity index (χ2v) is 6.70. The highest BCUT2D eigenvalue weighted by Crippen LogP contribution is 2.31. The predicted molar refractivity (Wildman–Crippen MR) is 101 cm³/mol. The van der Waals surface area contributed by atoms with E-state index in [1.54, 1.807) is 24.3 Å². The minimum Gasteiger partial charge on any atom is -0.463 e. The fraction of sp³-hybridized carbons (Fsp3) is 0.0667. The summed E-state index contributed by atoms with van der Waals surface area (Å²) in [4.78, 5) is 8.15. The highest BCUT2D eigenvalue weighted by atomic mass is 32.2. The van der Waals surface area contributed by atoms with Gasteiger partial charge >= 0.3 is 10.3 Å². The molecule has 0 amide bonds. The molecule has 0 unspecified atom stereocenters. The molecule has 0 saturated heterocycles. The number of hydrogen-bond acceptors (Lipinski definition) is 9. The van der Waals surface area contributed by atoms with Gasteiger partial charge in [-0.05, 0) is 29.8 Å². The van der Waals surface area contributed by atoms with E-state index in [2.05, 4.69) is 9.97 Å². The van der Waals surface area contributed by atoms with Crippen molar-refractivity contribution >= 4 is 33.4 Å². The van der Waals surface area contributed by atoms with Crippen LogP contribution in [0.15, 0.2) is 47.1 Å². The molecule has 0 saturated carbocycles. The van der Waals surface area contributed by atoms with E-state index >= 15 is 0 Å². The number of furan rings is 1. The number of nitrogens with zero attached hydrogens (tertiary/aromatic N) is 3. The number of hydrazine groups is 1. The third-order valence-electron chi connectivity index (χ3n) is 3.50. The van der Waals surface area contributed by atoms with E-state index in [1.807, 2.05) is 4.72 Å². The molecule has 3 rings (SSSR count). The lowest BCUT2D eigenvalue weighted by molar-refractivity contribution is 0.489. The van der Waals surface area contributed by atoms with Crippen LogP contribution in [0.1, 0.15) is 5.56 Å². The van der Waals surface area contributed by atoms with Gasteiger partial charge in [0, 0.05) is 0 Å². The zero-order chi connectivity index (χ0) is 19.6. The van der Waals surface area contributed by atoms with Gasteiger partial charge < -0.3 is 15.9 Å². The summed E-state index contributed by atoms with van der Waals surface area (Å²) in [6, 6.07) is 9.64. The van der Waals surface area contributed by atoms with E-state index in [-0.39, 0.29) is 29.7 Å². The molecule has 12 heteroatoms. The SMILES string of the molecule is Nc1nc(-c2ccco2)c(N)c(N(N)Cc2cccc(NS(=O)(=O)O)c2)n1. The smallest absolute Gasteiger partial charge is 0.357 e. The normalized spacial score (nSPS) is 11.3. The third kappa shape index (κ3) is 4.44. The third-order valence-corrected chi connectivity index (χ3v) is 3.99. The molecule has 0 spiro atoms. The van der Waals surface area contributed by atoms with E-state index in [4.69, 9.17) is 26.3 Å². The van der Waals surface area contributed by atoms with Crippen molar-refractivity contribution in [1.29, 1.82) is 0 Å². The van der Waals surface area contributed by atoms with Crippen LogP contribution in [0.5, 0.6) is 0 Å². The Kier molecular flexibility index (Phi) is 4.85. The Morgan fingerprint density at radius 2 is 1.96 bits per heavy atom. The Morgan fingerprint density at radius 3 is 2.63 bits per heavy atom. The van der Waals surface area contributed by atoms with E-state index in [1.165, 1.54) is 23.4 Å². The van der Waals surface area contributed by atoms with Crippen molar-refractivity contribution in [3.63, 3.8) is 0 Å². The van der Waals surface area contributed by atoms with Crippen molar-refractivity contribution in [1.82, 2.24) is 9.97 Å². The van der Waals surface area contributed by atoms with Crippen molar-refractivity contribution in [2.24, 2.45) is 5.84 Å². The van der Waals surface area contributed by atoms with Gasteiger partial charge in [0.25, 0.3) is 0 Å². The maximum absolute atomic E-state index is 10.9. The molecule has 0 aliphatic rings. The van der Waals surface area contributed by atoms with Gasteiger partial charge in [-0.2, -0.15) is 13.4 Å². The zero-order valence-corrected chi connectivity index (χ0v) is 14.7. The minimum absolute atomic E-state index is 0.0390. The molecule has 0 aliphatic carbocycles. The van der Waals surface area contributed by atoms with Crippen LogP contribution in [-0.2, 0) is 16.8 Å². The molecule has 0 fully saturated rings. The lowest BCUT2D eigenvalue weighted by Crippen LogP contribution is -2.32. The minimum atomic E-state index is -4.38. The van der Waals surface area contributed by atoms with Gasteiger partial charge in [0.2, 0.25) is 5.95 Å². The van der Waals surface area contributed by atoms with Crippen molar-refractivity contribution in [2.45, 2.75) is 6.54 Å². The van der Waals surface area contributed by atoms with Gasteiger partial charge in [0.15, 0.2) is 11.6 Å². The number of benzene rings is 1. The number of nitrogens with two attached hydrogens (primary N) is 3. The molecule has 11 nitrogen and oxygen atoms in total. The number of rotatable bonds is 6. The van der Waals surface area contributed by atoms with Crippen molar-refractivity contribution < 1.29 is 17.4 Å². The van der Waals surface area contributed by atoms with Gasteiger partial charge in [-0.15, -0.1) is 0 Å². The summed E-state index contributed by atoms with van der Waals surface area (Å²) in [5.41, 5.74) is 13.2. The highest BCUT2D eigenvalue weighted by molar-refractivity contribution is 7.87. The van der Waals surface area contributed by atoms with Gasteiger partial charge in [-0.3, -0.25) is 14.3 Å². The largest absolute Gasteiger partial charge is 0.463 e. The topological polar surface area (TPSA) is 187 Å². The maximum Gasteiger partial charge on any atom is 0.357 e. The van der Waals surface area contributed by atoms with E-state index < -0.39 is 10.3 Å². The van der Waals surface area contributed by atoms with Crippen molar-refractivity contribution in [3.8, 4) is 11.5 Å². The molecule has 142 valence electrons. The van der Waals surface area contributed by atoms with Crippen molar-refractivity contribution in [3.05, 3.63) is 48.2 Å². The zero-order valence-electron chi connectivity index (χ0n) is 13.9. The summed E-state index contributed by atoms with van der Waals surface area (Å²) in [5.74, 6) is 6.64. The predicted octanol–water partition coefficient (Wildman–Crippen LogP) is 0.996. The molecule has 2 heterocycles. The summed E-state index contributed by atoms with van der Waals surface area (Å²) in [7, 11) is -4.38. The first-order valence-electron chi connectivity index (χ1n) is 7.56. The Hall–Kier alpha value is -3.35. The molecule has 3 aromatic rings. The number of nitrogens with one attached hydrogen (secondary N) is 1. The van der Waals surface area contributed by atoms with Crippen LogP contribution in [0.3, 0.4) is 0 Å². The Labute approximate surface area is 154 Å². The van der Waals surface area contributed by atoms with E-state index in [0.29, 0.717) is 17.0 Å². The average Bonchev–Trinajstić information content (AvgIpc) is 3.09. The molecule has 0 aliphatic heterocycles. The summed E-state index contributed by atoms with van der Waals surface area (Å²) >= 11 is 0. The van der Waals surface area contributed by atoms with Crippen LogP contribution in [0, 0.1) is 0 Å². The summed E-state index contributed by atoms with van der Waals surface area (Å²) < 4.78 is 38.0. The van der Waals surface area contributed by atoms with Crippen LogP contribution in [0.25, 0.3) is 11.5 Å². The van der Waals surface area contributed by atoms with Crippen LogP contribution in [-0.4, -0.2) is 22.9 Å². The Morgan fingerprint density at radius 1 is 1.19 bits per heavy atom. The number of aromatic nitrogens is 2. The molecule has 8 N–H and O–H groups in total. The van der Waals surface area contributed by atoms with Crippen LogP contribution >= 0.6 is 0 Å². The van der Waals surface area contributed by atoms with Crippen LogP contribution in [0.2, 0.25) is 0 Å². The number of nitrogen functional groups attached to an aromatic ring is 2. The van der Waals surface area contributed by atoms with Gasteiger partial charge in [0.1, 0.15) is 11.4 Å². The Bertz CT molecular complexity index is 1050. The standard InChI is InChI=1S/C15H17N7O4S/c16-12-13(11-5-2-6-26-11)19-15(17)20-14(12)22(18)8-9-3-1-4-10(7-9)21-27(23,24)25/h1-7,21H,8,16,18H2,(H2,17,19,20)(H,23,24,25). The fourth-order valence-electron chi connectivity index (χ4n) is 2.45. The van der Waals surface area contributed by atoms with Gasteiger partial charge in [-0.25, -0.2) is 10.8 Å². The molecular weight excluding hydrogens is 374 g/mol. The molecule has 0 radical (unpaired) electrons. The first kappa shape index (κ1) is 18.4. The second-order valence-electron chi connectivity index (χ2n) is 5.55. The second kappa shape index (κ2) is 7.11. The molecule has 27 heavy (non-hydrogen) atoms. The molecule has 0 atom stereocenters. The molecule has 2 aromatic heterocycles. The Balaban J connectivity index is 1.89. The van der Waals surface area contributed by atoms with Gasteiger partial charge in [-0.1, -0.05) is 12.1 Å². The molecular formula is C15H17N7O4S. The maximum atomic E-state index is 10.9. The van der Waals surface area contributed by atoms with Crippen LogP contribution in [0.4, 0.5) is 23.1 Å². The summed E-state index contributed by atoms with van der Waals surface area (Å²) in [6.07, 6.45) is 1.47. The molecule has 0 bridgehead atoms. The monoisotopic (exact) mass is 391 g/mol. The average molecular weight is 391 g/mol. The first-order chi connectivity index (χ1) is 12.7. The number of anilines is 4. The van der Waals surface area contributed by atoms with Gasteiger partial charge in [0.05, 0.1) is 18.5 Å². The lowest BCUT2D eigenvalue weighted by Gasteiger charge is -2.20. The van der Waals surface area contributed by atoms with E-state index in [0.717, 1.165) is 0 Å². The summed E-state index contributed by atoms with van der Waals surface area (Å²) in [5, 5.41) is 1.24. The lowest BCUT2D eigenvalue weighted by atomic mass is 10.2. The van der Waals surface area contributed by atoms with Crippen LogP contribution < -0.4 is 27.0 Å². The first-order valence-corrected chi connectivity index (χ1v) is 9.00. The quantitative estimate of drug-likeness (QED) is 0.230. The fourth-order valence-corrected chi connectivity index (χ4v) is 2.87. The van der Waals surface area contributed by atoms with Crippen molar-refractivity contribution in [2.75, 3.05) is 21.2 Å². The molecule has 1 aromatic carbocycles. The number of hydrogen-bond donors (Lipinski definition) is 5. The summed E-state index contributed by atoms with van der Waals surface area (Å²) in [6.45, 7) is 0.124. The highest BCUT2D eigenvalue weighted by Gasteiger charge is 2.18. The van der Waals surface area contributed by atoms with E-state index in [9.17, 15) is 8.42 Å².